The molecule has 3 aliphatic heterocycles. The van der Waals surface area contributed by atoms with Gasteiger partial charge >= 0.3 is 0 Å². The molecule has 4 aromatic rings. The molecule has 1 amide bonds. The molecular formula is C31H34N6O3. The molecule has 40 heavy (non-hydrogen) atoms. The van der Waals surface area contributed by atoms with Gasteiger partial charge in [-0.2, -0.15) is 0 Å². The normalized spacial score (nSPS) is 19.8. The second-order valence-corrected chi connectivity index (χ2v) is 11.1. The molecule has 2 fully saturated rings. The number of hydrogen-bond donors (Lipinski definition) is 1. The lowest BCUT2D eigenvalue weighted by molar-refractivity contribution is 0.0303. The van der Waals surface area contributed by atoms with Crippen molar-refractivity contribution in [2.75, 3.05) is 64.5 Å². The Hall–Kier alpha value is -3.79. The van der Waals surface area contributed by atoms with Gasteiger partial charge in [0.25, 0.3) is 5.91 Å². The van der Waals surface area contributed by atoms with E-state index in [1.54, 1.807) is 0 Å². The van der Waals surface area contributed by atoms with E-state index < -0.39 is 0 Å². The van der Waals surface area contributed by atoms with Crippen molar-refractivity contribution in [2.45, 2.75) is 19.6 Å². The molecule has 7 rings (SSSR count). The minimum atomic E-state index is 0.0485. The van der Waals surface area contributed by atoms with E-state index >= 15 is 0 Å². The number of carbonyl (C=O) groups excluding carboxylic acids is 1. The van der Waals surface area contributed by atoms with Crippen LogP contribution in [-0.4, -0.2) is 96.5 Å². The molecule has 2 aromatic heterocycles. The van der Waals surface area contributed by atoms with Gasteiger partial charge in [-0.25, -0.2) is 0 Å². The maximum Gasteiger partial charge on any atom is 0.254 e. The first kappa shape index (κ1) is 25.2. The second kappa shape index (κ2) is 10.3. The number of nitrogens with one attached hydrogen (secondary N) is 1. The van der Waals surface area contributed by atoms with Gasteiger partial charge in [0.2, 0.25) is 0 Å². The molecule has 9 heteroatoms. The van der Waals surface area contributed by atoms with Gasteiger partial charge in [-0.1, -0.05) is 12.1 Å². The molecule has 2 aromatic carbocycles. The van der Waals surface area contributed by atoms with Gasteiger partial charge in [0.05, 0.1) is 38.2 Å². The molecule has 2 saturated heterocycles. The monoisotopic (exact) mass is 538 g/mol. The molecule has 5 heterocycles. The number of fused-ring (bicyclic) bond motifs is 4. The topological polar surface area (TPSA) is 86.8 Å². The maximum absolute atomic E-state index is 12.9. The van der Waals surface area contributed by atoms with E-state index in [1.807, 2.05) is 35.4 Å². The Morgan fingerprint density at radius 2 is 1.80 bits per heavy atom. The number of nitrogens with zero attached hydrogens (tertiary/aromatic N) is 5. The summed E-state index contributed by atoms with van der Waals surface area (Å²) in [7, 11) is 2.18. The summed E-state index contributed by atoms with van der Waals surface area (Å²) in [4.78, 5) is 22.9. The number of hydrogen-bond acceptors (Lipinski definition) is 7. The SMILES string of the molecule is Cc1cc(-c2cc3c(-c4ccc(C(=O)N5CCOCC5)cc4)c[nH]c3nn2)cc2c1N1CCN(C)CC1COC2. The number of aryl methyl sites for hydroxylation is 1. The molecule has 206 valence electrons. The van der Waals surface area contributed by atoms with Gasteiger partial charge in [0.15, 0.2) is 5.65 Å². The smallest absolute Gasteiger partial charge is 0.254 e. The number of rotatable bonds is 3. The minimum Gasteiger partial charge on any atom is -0.378 e. The second-order valence-electron chi connectivity index (χ2n) is 11.1. The fraction of sp³-hybridized carbons (Fsp3) is 0.387. The fourth-order valence-corrected chi connectivity index (χ4v) is 6.32. The lowest BCUT2D eigenvalue weighted by Crippen LogP contribution is -2.53. The average Bonchev–Trinajstić information content (AvgIpc) is 3.32. The average molecular weight is 539 g/mol. The number of piperazine rings is 1. The molecule has 9 nitrogen and oxygen atoms in total. The van der Waals surface area contributed by atoms with E-state index in [2.05, 4.69) is 57.2 Å². The Morgan fingerprint density at radius 1 is 0.975 bits per heavy atom. The Bertz CT molecular complexity index is 1560. The Labute approximate surface area is 233 Å². The molecule has 1 unspecified atom stereocenters. The van der Waals surface area contributed by atoms with Crippen molar-refractivity contribution in [3.63, 3.8) is 0 Å². The van der Waals surface area contributed by atoms with E-state index in [0.29, 0.717) is 44.5 Å². The number of benzene rings is 2. The molecular weight excluding hydrogens is 504 g/mol. The predicted octanol–water partition coefficient (Wildman–Crippen LogP) is 3.72. The van der Waals surface area contributed by atoms with Gasteiger partial charge in [0.1, 0.15) is 0 Å². The zero-order valence-electron chi connectivity index (χ0n) is 23.0. The third-order valence-corrected chi connectivity index (χ3v) is 8.39. The Kier molecular flexibility index (Phi) is 6.50. The summed E-state index contributed by atoms with van der Waals surface area (Å²) in [6, 6.07) is 14.8. The number of likely N-dealkylation sites (N-methyl/N-ethyl adjacent to an activating group) is 1. The third kappa shape index (κ3) is 4.54. The summed E-state index contributed by atoms with van der Waals surface area (Å²) < 4.78 is 11.5. The molecule has 0 aliphatic carbocycles. The number of ether oxygens (including phenoxy) is 2. The largest absolute Gasteiger partial charge is 0.378 e. The number of aromatic nitrogens is 3. The number of aromatic amines is 1. The number of anilines is 1. The maximum atomic E-state index is 12.9. The van der Waals surface area contributed by atoms with Crippen LogP contribution in [-0.2, 0) is 16.1 Å². The summed E-state index contributed by atoms with van der Waals surface area (Å²) in [6.07, 6.45) is 1.96. The van der Waals surface area contributed by atoms with Crippen molar-refractivity contribution in [1.82, 2.24) is 25.0 Å². The van der Waals surface area contributed by atoms with Crippen molar-refractivity contribution in [2.24, 2.45) is 0 Å². The highest BCUT2D eigenvalue weighted by molar-refractivity contribution is 5.97. The van der Waals surface area contributed by atoms with E-state index in [0.717, 1.165) is 59.7 Å². The van der Waals surface area contributed by atoms with Gasteiger partial charge in [-0.3, -0.25) is 4.79 Å². The van der Waals surface area contributed by atoms with Crippen LogP contribution in [0.15, 0.2) is 48.7 Å². The van der Waals surface area contributed by atoms with Crippen LogP contribution in [0.3, 0.4) is 0 Å². The molecule has 0 radical (unpaired) electrons. The summed E-state index contributed by atoms with van der Waals surface area (Å²) in [6.45, 7) is 9.06. The van der Waals surface area contributed by atoms with Crippen molar-refractivity contribution in [3.8, 4) is 22.4 Å². The number of morpholine rings is 1. The standard InChI is InChI=1S/C31H34N6O3/c1-20-13-23(14-24-18-40-19-25-17-35(2)7-8-37(25)29(20)24)28-15-26-27(16-32-30(26)34-33-28)21-3-5-22(6-4-21)31(38)36-9-11-39-12-10-36/h3-6,13-16,25H,7-12,17-19H2,1-2H3,(H,32,34). The fourth-order valence-electron chi connectivity index (χ4n) is 6.32. The Balaban J connectivity index is 1.20. The van der Waals surface area contributed by atoms with E-state index in [-0.39, 0.29) is 5.91 Å². The van der Waals surface area contributed by atoms with Crippen LogP contribution in [0, 0.1) is 6.92 Å². The summed E-state index contributed by atoms with van der Waals surface area (Å²) >= 11 is 0. The van der Waals surface area contributed by atoms with Gasteiger partial charge in [-0.05, 0) is 55.4 Å². The highest BCUT2D eigenvalue weighted by Gasteiger charge is 2.31. The van der Waals surface area contributed by atoms with Crippen molar-refractivity contribution < 1.29 is 14.3 Å². The number of amides is 1. The lowest BCUT2D eigenvalue weighted by atomic mass is 9.98. The molecule has 3 aliphatic rings. The highest BCUT2D eigenvalue weighted by Crippen LogP contribution is 2.37. The highest BCUT2D eigenvalue weighted by atomic mass is 16.5. The van der Waals surface area contributed by atoms with Gasteiger partial charge in [0, 0.05) is 72.2 Å². The van der Waals surface area contributed by atoms with Gasteiger partial charge < -0.3 is 29.2 Å². The summed E-state index contributed by atoms with van der Waals surface area (Å²) in [5.74, 6) is 0.0485. The van der Waals surface area contributed by atoms with Crippen LogP contribution in [0.5, 0.6) is 0 Å². The Morgan fingerprint density at radius 3 is 2.62 bits per heavy atom. The number of H-pyrrole nitrogens is 1. The molecule has 1 N–H and O–H groups in total. The van der Waals surface area contributed by atoms with Crippen LogP contribution in [0.25, 0.3) is 33.4 Å². The molecule has 1 atom stereocenters. The van der Waals surface area contributed by atoms with E-state index in [4.69, 9.17) is 9.47 Å². The van der Waals surface area contributed by atoms with Crippen LogP contribution >= 0.6 is 0 Å². The zero-order chi connectivity index (χ0) is 27.2. The number of carbonyl (C=O) groups is 1. The quantitative estimate of drug-likeness (QED) is 0.426. The predicted molar refractivity (Wildman–Crippen MR) is 155 cm³/mol. The molecule has 0 bridgehead atoms. The lowest BCUT2D eigenvalue weighted by Gasteiger charge is -2.41. The van der Waals surface area contributed by atoms with Crippen molar-refractivity contribution >= 4 is 22.6 Å². The summed E-state index contributed by atoms with van der Waals surface area (Å²) in [5.41, 5.74) is 9.12. The van der Waals surface area contributed by atoms with E-state index in [9.17, 15) is 4.79 Å². The van der Waals surface area contributed by atoms with Crippen molar-refractivity contribution in [3.05, 3.63) is 65.4 Å². The van der Waals surface area contributed by atoms with Crippen LogP contribution in [0.4, 0.5) is 5.69 Å². The zero-order valence-corrected chi connectivity index (χ0v) is 23.0. The first-order valence-electron chi connectivity index (χ1n) is 14.0. The molecule has 0 saturated carbocycles. The van der Waals surface area contributed by atoms with Gasteiger partial charge in [-0.15, -0.1) is 10.2 Å². The molecule has 0 spiro atoms. The van der Waals surface area contributed by atoms with Crippen LogP contribution in [0.2, 0.25) is 0 Å². The van der Waals surface area contributed by atoms with Crippen LogP contribution in [0.1, 0.15) is 21.5 Å². The first-order valence-corrected chi connectivity index (χ1v) is 14.0. The third-order valence-electron chi connectivity index (χ3n) is 8.39. The van der Waals surface area contributed by atoms with Crippen LogP contribution < -0.4 is 4.90 Å². The first-order chi connectivity index (χ1) is 19.5. The minimum absolute atomic E-state index is 0.0485. The van der Waals surface area contributed by atoms with E-state index in [1.165, 1.54) is 16.8 Å². The van der Waals surface area contributed by atoms with Crippen molar-refractivity contribution in [1.29, 1.82) is 0 Å². The summed E-state index contributed by atoms with van der Waals surface area (Å²) in [5, 5.41) is 10.1.